The molecule has 0 bridgehead atoms. The summed E-state index contributed by atoms with van der Waals surface area (Å²) >= 11 is 0. The van der Waals surface area contributed by atoms with Crippen LogP contribution in [0.15, 0.2) is 35.5 Å². The van der Waals surface area contributed by atoms with Gasteiger partial charge in [0.15, 0.2) is 6.61 Å². The normalized spacial score (nSPS) is 17.6. The van der Waals surface area contributed by atoms with Gasteiger partial charge in [0.1, 0.15) is 5.75 Å². The zero-order valence-electron chi connectivity index (χ0n) is 13.6. The van der Waals surface area contributed by atoms with Gasteiger partial charge in [-0.3, -0.25) is 0 Å². The maximum absolute atomic E-state index is 12.3. The summed E-state index contributed by atoms with van der Waals surface area (Å²) in [6.07, 6.45) is -4.63. The van der Waals surface area contributed by atoms with Crippen LogP contribution in [0.4, 0.5) is 18.0 Å². The van der Waals surface area contributed by atoms with Crippen LogP contribution < -0.4 is 15.4 Å². The molecule has 1 unspecified atom stereocenters. The molecule has 0 saturated heterocycles. The maximum atomic E-state index is 12.3. The molecule has 0 fully saturated rings. The first-order chi connectivity index (χ1) is 11.7. The standard InChI is InChI=1S/C16H17F3N2O4/c1-3-24-11-6-4-10(5-7-11)13-12(9(2)20-15(23)21-13)14(22)25-8-16(17,18)19/h4-7,13H,3,8H2,1-2H3,(H2,20,21,23). The lowest BCUT2D eigenvalue weighted by Crippen LogP contribution is -2.45. The molecule has 1 atom stereocenters. The van der Waals surface area contributed by atoms with Crippen LogP contribution >= 0.6 is 0 Å². The number of halogens is 3. The van der Waals surface area contributed by atoms with Crippen LogP contribution in [0.5, 0.6) is 5.75 Å². The number of hydrogen-bond donors (Lipinski definition) is 2. The van der Waals surface area contributed by atoms with Crippen molar-refractivity contribution in [1.29, 1.82) is 0 Å². The molecule has 1 aromatic rings. The van der Waals surface area contributed by atoms with Gasteiger partial charge in [0.05, 0.1) is 18.2 Å². The molecule has 0 radical (unpaired) electrons. The number of hydrogen-bond acceptors (Lipinski definition) is 4. The third-order valence-corrected chi connectivity index (χ3v) is 3.38. The van der Waals surface area contributed by atoms with Gasteiger partial charge in [-0.25, -0.2) is 9.59 Å². The van der Waals surface area contributed by atoms with E-state index < -0.39 is 30.8 Å². The largest absolute Gasteiger partial charge is 0.494 e. The molecule has 2 N–H and O–H groups in total. The topological polar surface area (TPSA) is 76.7 Å². The Balaban J connectivity index is 2.28. The number of urea groups is 1. The highest BCUT2D eigenvalue weighted by atomic mass is 19.4. The lowest BCUT2D eigenvalue weighted by molar-refractivity contribution is -0.183. The molecule has 136 valence electrons. The Kier molecular flexibility index (Phi) is 5.55. The van der Waals surface area contributed by atoms with Crippen LogP contribution in [0, 0.1) is 0 Å². The van der Waals surface area contributed by atoms with Crippen LogP contribution in [0.1, 0.15) is 25.5 Å². The quantitative estimate of drug-likeness (QED) is 0.794. The van der Waals surface area contributed by atoms with Gasteiger partial charge >= 0.3 is 18.2 Å². The Morgan fingerprint density at radius 3 is 2.44 bits per heavy atom. The molecular formula is C16H17F3N2O4. The number of nitrogens with one attached hydrogen (secondary N) is 2. The predicted octanol–water partition coefficient (Wildman–Crippen LogP) is 2.82. The molecule has 1 aliphatic heterocycles. The molecule has 0 aliphatic carbocycles. The van der Waals surface area contributed by atoms with Gasteiger partial charge in [0, 0.05) is 5.70 Å². The summed E-state index contributed by atoms with van der Waals surface area (Å²) in [6, 6.07) is 5.02. The average Bonchev–Trinajstić information content (AvgIpc) is 2.52. The minimum Gasteiger partial charge on any atom is -0.494 e. The number of carbonyl (C=O) groups excluding carboxylic acids is 2. The summed E-state index contributed by atoms with van der Waals surface area (Å²) in [4.78, 5) is 23.8. The minimum atomic E-state index is -4.63. The molecule has 9 heteroatoms. The summed E-state index contributed by atoms with van der Waals surface area (Å²) in [6.45, 7) is 2.01. The second-order valence-corrected chi connectivity index (χ2v) is 5.26. The third-order valence-electron chi connectivity index (χ3n) is 3.38. The van der Waals surface area contributed by atoms with Gasteiger partial charge in [-0.2, -0.15) is 13.2 Å². The zero-order valence-corrected chi connectivity index (χ0v) is 13.6. The van der Waals surface area contributed by atoms with Gasteiger partial charge < -0.3 is 20.1 Å². The number of carbonyl (C=O) groups is 2. The van der Waals surface area contributed by atoms with Gasteiger partial charge in [-0.15, -0.1) is 0 Å². The molecule has 1 aliphatic rings. The van der Waals surface area contributed by atoms with Gasteiger partial charge in [-0.1, -0.05) is 12.1 Å². The number of amides is 2. The van der Waals surface area contributed by atoms with Crippen molar-refractivity contribution in [3.63, 3.8) is 0 Å². The lowest BCUT2D eigenvalue weighted by atomic mass is 9.95. The SMILES string of the molecule is CCOc1ccc(C2NC(=O)NC(C)=C2C(=O)OCC(F)(F)F)cc1. The molecule has 0 aromatic heterocycles. The van der Waals surface area contributed by atoms with Crippen molar-refractivity contribution >= 4 is 12.0 Å². The van der Waals surface area contributed by atoms with E-state index in [4.69, 9.17) is 4.74 Å². The molecule has 2 amide bonds. The first kappa shape index (κ1) is 18.6. The first-order valence-corrected chi connectivity index (χ1v) is 7.46. The van der Waals surface area contributed by atoms with Crippen molar-refractivity contribution in [2.24, 2.45) is 0 Å². The Morgan fingerprint density at radius 1 is 1.24 bits per heavy atom. The van der Waals surface area contributed by atoms with Crippen molar-refractivity contribution in [2.45, 2.75) is 26.1 Å². The van der Waals surface area contributed by atoms with E-state index in [9.17, 15) is 22.8 Å². The molecule has 2 rings (SSSR count). The van der Waals surface area contributed by atoms with E-state index in [1.165, 1.54) is 6.92 Å². The number of benzene rings is 1. The summed E-state index contributed by atoms with van der Waals surface area (Å²) in [5.41, 5.74) is 0.555. The molecular weight excluding hydrogens is 341 g/mol. The van der Waals surface area contributed by atoms with Crippen molar-refractivity contribution in [2.75, 3.05) is 13.2 Å². The van der Waals surface area contributed by atoms with E-state index in [0.717, 1.165) is 0 Å². The number of allylic oxidation sites excluding steroid dienone is 1. The van der Waals surface area contributed by atoms with Crippen molar-refractivity contribution in [3.05, 3.63) is 41.1 Å². The molecule has 0 spiro atoms. The maximum Gasteiger partial charge on any atom is 0.422 e. The minimum absolute atomic E-state index is 0.0898. The van der Waals surface area contributed by atoms with Gasteiger partial charge in [-0.05, 0) is 31.5 Å². The second-order valence-electron chi connectivity index (χ2n) is 5.26. The highest BCUT2D eigenvalue weighted by Gasteiger charge is 2.35. The first-order valence-electron chi connectivity index (χ1n) is 7.46. The van der Waals surface area contributed by atoms with E-state index in [-0.39, 0.29) is 11.3 Å². The monoisotopic (exact) mass is 358 g/mol. The van der Waals surface area contributed by atoms with Crippen LogP contribution in [0.2, 0.25) is 0 Å². The number of alkyl halides is 3. The van der Waals surface area contributed by atoms with Crippen LogP contribution in [0.25, 0.3) is 0 Å². The van der Waals surface area contributed by atoms with E-state index in [0.29, 0.717) is 17.9 Å². The second kappa shape index (κ2) is 7.45. The average molecular weight is 358 g/mol. The smallest absolute Gasteiger partial charge is 0.422 e. The Hall–Kier alpha value is -2.71. The molecule has 1 heterocycles. The van der Waals surface area contributed by atoms with E-state index in [2.05, 4.69) is 15.4 Å². The Labute approximate surface area is 142 Å². The van der Waals surface area contributed by atoms with Gasteiger partial charge in [0.25, 0.3) is 0 Å². The van der Waals surface area contributed by atoms with Crippen molar-refractivity contribution in [3.8, 4) is 5.75 Å². The number of esters is 1. The van der Waals surface area contributed by atoms with Gasteiger partial charge in [0.2, 0.25) is 0 Å². The molecule has 25 heavy (non-hydrogen) atoms. The molecule has 1 aromatic carbocycles. The fraction of sp³-hybridized carbons (Fsp3) is 0.375. The van der Waals surface area contributed by atoms with Crippen LogP contribution in [0.3, 0.4) is 0 Å². The highest BCUT2D eigenvalue weighted by molar-refractivity contribution is 5.95. The summed E-state index contributed by atoms with van der Waals surface area (Å²) in [5, 5.41) is 4.87. The fourth-order valence-electron chi connectivity index (χ4n) is 2.36. The third kappa shape index (κ3) is 4.88. The molecule has 0 saturated carbocycles. The predicted molar refractivity (Wildman–Crippen MR) is 81.7 cm³/mol. The summed E-state index contributed by atoms with van der Waals surface area (Å²) < 4.78 is 46.5. The lowest BCUT2D eigenvalue weighted by Gasteiger charge is -2.28. The van der Waals surface area contributed by atoms with E-state index in [1.54, 1.807) is 24.3 Å². The Bertz CT molecular complexity index is 684. The number of rotatable bonds is 5. The van der Waals surface area contributed by atoms with Crippen LogP contribution in [-0.2, 0) is 9.53 Å². The van der Waals surface area contributed by atoms with Crippen molar-refractivity contribution in [1.82, 2.24) is 10.6 Å². The summed E-state index contributed by atoms with van der Waals surface area (Å²) in [7, 11) is 0. The molecule has 6 nitrogen and oxygen atoms in total. The fourth-order valence-corrected chi connectivity index (χ4v) is 2.36. The van der Waals surface area contributed by atoms with Crippen molar-refractivity contribution < 1.29 is 32.2 Å². The highest BCUT2D eigenvalue weighted by Crippen LogP contribution is 2.29. The number of ether oxygens (including phenoxy) is 2. The van der Waals surface area contributed by atoms with E-state index >= 15 is 0 Å². The van der Waals surface area contributed by atoms with Crippen LogP contribution in [-0.4, -0.2) is 31.4 Å². The zero-order chi connectivity index (χ0) is 18.6. The summed E-state index contributed by atoms with van der Waals surface area (Å²) in [5.74, 6) is -0.561. The van der Waals surface area contributed by atoms with E-state index in [1.807, 2.05) is 6.92 Å². The Morgan fingerprint density at radius 2 is 1.88 bits per heavy atom.